The third kappa shape index (κ3) is 1.69. The molecule has 0 spiro atoms. The van der Waals surface area contributed by atoms with Crippen LogP contribution in [0.3, 0.4) is 0 Å². The Hall–Kier alpha value is -2.06. The van der Waals surface area contributed by atoms with E-state index in [1.165, 1.54) is 10.9 Å². The van der Waals surface area contributed by atoms with Gasteiger partial charge in [0.05, 0.1) is 12.4 Å². The van der Waals surface area contributed by atoms with E-state index in [-0.39, 0.29) is 0 Å². The van der Waals surface area contributed by atoms with Crippen molar-refractivity contribution in [2.45, 2.75) is 38.0 Å². The molecule has 0 amide bonds. The fourth-order valence-corrected chi connectivity index (χ4v) is 2.80. The van der Waals surface area contributed by atoms with E-state index in [1.54, 1.807) is 23.1 Å². The van der Waals surface area contributed by atoms with Crippen LogP contribution in [0.5, 0.6) is 0 Å². The van der Waals surface area contributed by atoms with E-state index in [0.29, 0.717) is 23.2 Å². The zero-order valence-electron chi connectivity index (χ0n) is 11.3. The first-order chi connectivity index (χ1) is 10.2. The zero-order chi connectivity index (χ0) is 14.6. The number of imidazole rings is 2. The quantitative estimate of drug-likeness (QED) is 0.764. The first-order valence-corrected chi connectivity index (χ1v) is 6.82. The summed E-state index contributed by atoms with van der Waals surface area (Å²) in [5, 5.41) is 9.87. The molecule has 1 N–H and O–H groups in total. The van der Waals surface area contributed by atoms with Gasteiger partial charge in [-0.2, -0.15) is 0 Å². The van der Waals surface area contributed by atoms with Gasteiger partial charge in [0, 0.05) is 12.4 Å². The van der Waals surface area contributed by atoms with Crippen molar-refractivity contribution in [3.63, 3.8) is 0 Å². The average molecular weight is 291 g/mol. The molecule has 0 bridgehead atoms. The summed E-state index contributed by atoms with van der Waals surface area (Å²) in [4.78, 5) is 12.8. The number of halogens is 1. The van der Waals surface area contributed by atoms with Crippen LogP contribution in [0.2, 0.25) is 0 Å². The Bertz CT molecular complexity index is 800. The number of aliphatic hydroxyl groups is 1. The van der Waals surface area contributed by atoms with Gasteiger partial charge < -0.3 is 9.84 Å². The fourth-order valence-electron chi connectivity index (χ4n) is 2.80. The summed E-state index contributed by atoms with van der Waals surface area (Å²) >= 11 is 0. The van der Waals surface area contributed by atoms with Crippen LogP contribution >= 0.6 is 0 Å². The molecule has 0 aromatic carbocycles. The maximum Gasteiger partial charge on any atom is 0.173 e. The SMILES string of the molecule is CC[C@H]1O[C@@H](n2cnc3c2ncn2ccnc32)[C@H](F)[C@@H]1O. The van der Waals surface area contributed by atoms with Crippen LogP contribution in [0.4, 0.5) is 4.39 Å². The van der Waals surface area contributed by atoms with Gasteiger partial charge >= 0.3 is 0 Å². The smallest absolute Gasteiger partial charge is 0.173 e. The third-order valence-corrected chi connectivity index (χ3v) is 3.92. The maximum atomic E-state index is 14.3. The second kappa shape index (κ2) is 4.47. The Morgan fingerprint density at radius 3 is 2.90 bits per heavy atom. The largest absolute Gasteiger partial charge is 0.387 e. The predicted octanol–water partition coefficient (Wildman–Crippen LogP) is 1.09. The van der Waals surface area contributed by atoms with Crippen LogP contribution in [0.25, 0.3) is 16.8 Å². The highest BCUT2D eigenvalue weighted by molar-refractivity contribution is 5.85. The Kier molecular flexibility index (Phi) is 2.69. The molecule has 0 saturated carbocycles. The number of fused-ring (bicyclic) bond motifs is 3. The minimum atomic E-state index is -1.51. The molecule has 1 aliphatic rings. The molecule has 3 aromatic rings. The minimum Gasteiger partial charge on any atom is -0.387 e. The van der Waals surface area contributed by atoms with Crippen LogP contribution in [0.15, 0.2) is 25.0 Å². The Labute approximate surface area is 119 Å². The summed E-state index contributed by atoms with van der Waals surface area (Å²) in [6.07, 6.45) is 2.96. The van der Waals surface area contributed by atoms with Crippen LogP contribution in [-0.4, -0.2) is 47.4 Å². The van der Waals surface area contributed by atoms with Gasteiger partial charge in [-0.25, -0.2) is 19.3 Å². The van der Waals surface area contributed by atoms with Gasteiger partial charge in [-0.15, -0.1) is 0 Å². The molecule has 0 radical (unpaired) electrons. The highest BCUT2D eigenvalue weighted by Gasteiger charge is 2.44. The molecule has 4 rings (SSSR count). The number of aliphatic hydroxyl groups excluding tert-OH is 1. The number of alkyl halides is 1. The van der Waals surface area contributed by atoms with Crippen LogP contribution in [0.1, 0.15) is 19.6 Å². The van der Waals surface area contributed by atoms with Crippen LogP contribution in [0, 0.1) is 0 Å². The second-order valence-corrected chi connectivity index (χ2v) is 5.14. The summed E-state index contributed by atoms with van der Waals surface area (Å²) in [7, 11) is 0. The summed E-state index contributed by atoms with van der Waals surface area (Å²) in [5.74, 6) is 0. The molecule has 1 saturated heterocycles. The first-order valence-electron chi connectivity index (χ1n) is 6.82. The summed E-state index contributed by atoms with van der Waals surface area (Å²) in [6, 6.07) is 0. The first kappa shape index (κ1) is 12.7. The van der Waals surface area contributed by atoms with E-state index >= 15 is 0 Å². The second-order valence-electron chi connectivity index (χ2n) is 5.14. The third-order valence-electron chi connectivity index (χ3n) is 3.92. The van der Waals surface area contributed by atoms with Gasteiger partial charge in [-0.3, -0.25) is 8.97 Å². The minimum absolute atomic E-state index is 0.491. The van der Waals surface area contributed by atoms with Crippen molar-refractivity contribution < 1.29 is 14.2 Å². The average Bonchev–Trinajstić information content (AvgIpc) is 3.17. The Morgan fingerprint density at radius 2 is 2.14 bits per heavy atom. The van der Waals surface area contributed by atoms with Crippen LogP contribution in [-0.2, 0) is 4.74 Å². The van der Waals surface area contributed by atoms with Crippen molar-refractivity contribution in [3.05, 3.63) is 25.0 Å². The van der Waals surface area contributed by atoms with Crippen molar-refractivity contribution >= 4 is 16.8 Å². The van der Waals surface area contributed by atoms with Crippen molar-refractivity contribution in [1.82, 2.24) is 23.9 Å². The molecular formula is C13H14FN5O2. The van der Waals surface area contributed by atoms with Crippen molar-refractivity contribution in [3.8, 4) is 0 Å². The predicted molar refractivity (Wildman–Crippen MR) is 71.4 cm³/mol. The van der Waals surface area contributed by atoms with E-state index in [9.17, 15) is 9.50 Å². The lowest BCUT2D eigenvalue weighted by atomic mass is 10.1. The van der Waals surface area contributed by atoms with E-state index in [4.69, 9.17) is 4.74 Å². The van der Waals surface area contributed by atoms with Gasteiger partial charge in [0.15, 0.2) is 29.2 Å². The molecular weight excluding hydrogens is 277 g/mol. The fraction of sp³-hybridized carbons (Fsp3) is 0.462. The molecule has 4 heterocycles. The molecule has 4 atom stereocenters. The summed E-state index contributed by atoms with van der Waals surface area (Å²) in [5.41, 5.74) is 1.72. The number of aromatic nitrogens is 5. The Morgan fingerprint density at radius 1 is 1.29 bits per heavy atom. The van der Waals surface area contributed by atoms with E-state index in [2.05, 4.69) is 15.0 Å². The lowest BCUT2D eigenvalue weighted by molar-refractivity contribution is -0.0238. The van der Waals surface area contributed by atoms with E-state index in [1.807, 2.05) is 6.92 Å². The van der Waals surface area contributed by atoms with Crippen molar-refractivity contribution in [2.24, 2.45) is 0 Å². The van der Waals surface area contributed by atoms with E-state index in [0.717, 1.165) is 0 Å². The molecule has 1 fully saturated rings. The normalized spacial score (nSPS) is 29.7. The zero-order valence-corrected chi connectivity index (χ0v) is 11.3. The van der Waals surface area contributed by atoms with Crippen LogP contribution < -0.4 is 0 Å². The number of ether oxygens (including phenoxy) is 1. The van der Waals surface area contributed by atoms with E-state index < -0.39 is 24.6 Å². The lowest BCUT2D eigenvalue weighted by Crippen LogP contribution is -2.27. The summed E-state index contributed by atoms with van der Waals surface area (Å²) in [6.45, 7) is 1.85. The van der Waals surface area contributed by atoms with Gasteiger partial charge in [0.25, 0.3) is 0 Å². The number of hydrogen-bond acceptors (Lipinski definition) is 5. The summed E-state index contributed by atoms with van der Waals surface area (Å²) < 4.78 is 23.2. The molecule has 3 aromatic heterocycles. The Balaban J connectivity index is 1.84. The monoisotopic (exact) mass is 291 g/mol. The number of rotatable bonds is 2. The highest BCUT2D eigenvalue weighted by atomic mass is 19.1. The maximum absolute atomic E-state index is 14.3. The standard InChI is InChI=1S/C13H14FN5O2/c1-2-7-10(20)8(14)13(21-7)19-6-16-9-11-15-3-4-18(11)5-17-12(9)19/h3-8,10,13,20H,2H2,1H3/t7-,8-,10-,13-/m1/s1. The van der Waals surface area contributed by atoms with Gasteiger partial charge in [-0.1, -0.05) is 6.92 Å². The lowest BCUT2D eigenvalue weighted by Gasteiger charge is -2.14. The number of nitrogens with zero attached hydrogens (tertiary/aromatic N) is 5. The molecule has 8 heteroatoms. The molecule has 7 nitrogen and oxygen atoms in total. The van der Waals surface area contributed by atoms with Gasteiger partial charge in [-0.05, 0) is 6.42 Å². The van der Waals surface area contributed by atoms with Crippen molar-refractivity contribution in [2.75, 3.05) is 0 Å². The molecule has 21 heavy (non-hydrogen) atoms. The molecule has 0 aliphatic carbocycles. The number of hydrogen-bond donors (Lipinski definition) is 1. The highest BCUT2D eigenvalue weighted by Crippen LogP contribution is 2.34. The van der Waals surface area contributed by atoms with Gasteiger partial charge in [0.2, 0.25) is 0 Å². The molecule has 0 unspecified atom stereocenters. The van der Waals surface area contributed by atoms with Gasteiger partial charge in [0.1, 0.15) is 12.4 Å². The molecule has 110 valence electrons. The van der Waals surface area contributed by atoms with Crippen molar-refractivity contribution in [1.29, 1.82) is 0 Å². The topological polar surface area (TPSA) is 77.5 Å². The molecule has 1 aliphatic heterocycles.